The molecule has 0 saturated carbocycles. The highest BCUT2D eigenvalue weighted by molar-refractivity contribution is 6.30. The van der Waals surface area contributed by atoms with Crippen molar-refractivity contribution in [2.24, 2.45) is 27.2 Å². The number of halogens is 1. The molecule has 0 atom stereocenters. The van der Waals surface area contributed by atoms with Crippen LogP contribution < -0.4 is 21.9 Å². The van der Waals surface area contributed by atoms with Gasteiger partial charge < -0.3 is 21.9 Å². The van der Waals surface area contributed by atoms with E-state index in [4.69, 9.17) is 33.5 Å². The number of rotatable bonds is 4. The number of aliphatic imine (C=N–C) groups is 2. The summed E-state index contributed by atoms with van der Waals surface area (Å²) in [6.07, 6.45) is 0. The van der Waals surface area contributed by atoms with Crippen LogP contribution in [0.4, 0.5) is 5.69 Å². The zero-order chi connectivity index (χ0) is 15.9. The molecule has 0 spiro atoms. The fraction of sp³-hybridized carbons (Fsp3) is 0.0667. The molecule has 6 N–H and O–H groups in total. The van der Waals surface area contributed by atoms with Crippen molar-refractivity contribution in [1.82, 2.24) is 0 Å². The summed E-state index contributed by atoms with van der Waals surface area (Å²) in [7, 11) is 0. The van der Waals surface area contributed by atoms with Gasteiger partial charge in [0.05, 0.1) is 5.69 Å². The summed E-state index contributed by atoms with van der Waals surface area (Å²) in [6.45, 7) is 0.396. The average molecular weight is 318 g/mol. The number of benzene rings is 2. The minimum atomic E-state index is -0.136. The average Bonchev–Trinajstić information content (AvgIpc) is 2.46. The predicted molar refractivity (Wildman–Crippen MR) is 89.3 cm³/mol. The van der Waals surface area contributed by atoms with Crippen LogP contribution in [0.25, 0.3) is 0 Å². The quantitative estimate of drug-likeness (QED) is 0.592. The number of nitrogens with two attached hydrogens (primary N) is 3. The van der Waals surface area contributed by atoms with E-state index in [1.807, 2.05) is 18.2 Å². The first-order valence-electron chi connectivity index (χ1n) is 6.44. The molecule has 0 bridgehead atoms. The van der Waals surface area contributed by atoms with Gasteiger partial charge in [0.15, 0.2) is 5.96 Å². The first-order chi connectivity index (χ1) is 10.5. The first-order valence-corrected chi connectivity index (χ1v) is 6.82. The minimum absolute atomic E-state index is 0.00392. The Balaban J connectivity index is 2.05. The van der Waals surface area contributed by atoms with Gasteiger partial charge in [0.2, 0.25) is 5.96 Å². The molecule has 7 heteroatoms. The second-order valence-corrected chi connectivity index (χ2v) is 4.86. The highest BCUT2D eigenvalue weighted by Crippen LogP contribution is 2.19. The van der Waals surface area contributed by atoms with E-state index >= 15 is 0 Å². The third-order valence-corrected chi connectivity index (χ3v) is 2.87. The monoisotopic (exact) mass is 317 g/mol. The van der Waals surface area contributed by atoms with Crippen LogP contribution in [0.5, 0.6) is 5.75 Å². The van der Waals surface area contributed by atoms with E-state index in [1.54, 1.807) is 30.3 Å². The fourth-order valence-corrected chi connectivity index (χ4v) is 1.83. The van der Waals surface area contributed by atoms with Crippen LogP contribution in [-0.2, 0) is 6.61 Å². The first kappa shape index (κ1) is 15.7. The molecule has 0 aliphatic carbocycles. The van der Waals surface area contributed by atoms with E-state index in [1.165, 1.54) is 0 Å². The second kappa shape index (κ2) is 7.33. The van der Waals surface area contributed by atoms with Crippen molar-refractivity contribution in [1.29, 1.82) is 0 Å². The van der Waals surface area contributed by atoms with Crippen molar-refractivity contribution in [3.05, 3.63) is 59.1 Å². The van der Waals surface area contributed by atoms with Gasteiger partial charge in [-0.2, -0.15) is 4.99 Å². The molecular formula is C15H16ClN5O. The predicted octanol–water partition coefficient (Wildman–Crippen LogP) is 2.14. The van der Waals surface area contributed by atoms with E-state index in [-0.39, 0.29) is 11.9 Å². The Kier molecular flexibility index (Phi) is 5.21. The molecule has 0 fully saturated rings. The number of hydrogen-bond donors (Lipinski definition) is 3. The van der Waals surface area contributed by atoms with E-state index in [9.17, 15) is 0 Å². The van der Waals surface area contributed by atoms with E-state index in [2.05, 4.69) is 9.98 Å². The maximum absolute atomic E-state index is 5.82. The van der Waals surface area contributed by atoms with Crippen LogP contribution in [0, 0.1) is 0 Å². The molecule has 0 aliphatic heterocycles. The Labute approximate surface area is 133 Å². The number of ether oxygens (including phenoxy) is 1. The van der Waals surface area contributed by atoms with Crippen molar-refractivity contribution < 1.29 is 4.74 Å². The molecule has 0 heterocycles. The summed E-state index contributed by atoms with van der Waals surface area (Å²) in [5.41, 5.74) is 17.6. The smallest absolute Gasteiger partial charge is 0.223 e. The lowest BCUT2D eigenvalue weighted by molar-refractivity contribution is 0.306. The summed E-state index contributed by atoms with van der Waals surface area (Å²) >= 11 is 5.82. The molecule has 114 valence electrons. The zero-order valence-corrected chi connectivity index (χ0v) is 12.5. The Hall–Kier alpha value is -2.73. The Morgan fingerprint density at radius 2 is 1.77 bits per heavy atom. The van der Waals surface area contributed by atoms with E-state index < -0.39 is 0 Å². The second-order valence-electron chi connectivity index (χ2n) is 4.42. The van der Waals surface area contributed by atoms with Crippen LogP contribution in [0.2, 0.25) is 5.02 Å². The fourth-order valence-electron chi connectivity index (χ4n) is 1.70. The van der Waals surface area contributed by atoms with Gasteiger partial charge in [-0.1, -0.05) is 23.7 Å². The largest absolute Gasteiger partial charge is 0.489 e. The Morgan fingerprint density at radius 3 is 2.45 bits per heavy atom. The summed E-state index contributed by atoms with van der Waals surface area (Å²) in [4.78, 5) is 7.76. The van der Waals surface area contributed by atoms with Crippen molar-refractivity contribution in [3.8, 4) is 5.75 Å². The highest BCUT2D eigenvalue weighted by atomic mass is 35.5. The maximum atomic E-state index is 5.82. The lowest BCUT2D eigenvalue weighted by Crippen LogP contribution is -2.26. The highest BCUT2D eigenvalue weighted by Gasteiger charge is 1.99. The molecule has 2 aromatic rings. The molecule has 0 saturated heterocycles. The molecule has 2 aromatic carbocycles. The van der Waals surface area contributed by atoms with Gasteiger partial charge in [-0.15, -0.1) is 0 Å². The Morgan fingerprint density at radius 1 is 1.05 bits per heavy atom. The van der Waals surface area contributed by atoms with Crippen molar-refractivity contribution in [2.75, 3.05) is 0 Å². The zero-order valence-electron chi connectivity index (χ0n) is 11.7. The SMILES string of the molecule is NC(N)=NC(N)=Nc1cccc(COc2ccc(Cl)cc2)c1. The number of hydrogen-bond acceptors (Lipinski definition) is 2. The van der Waals surface area contributed by atoms with Gasteiger partial charge in [-0.25, -0.2) is 4.99 Å². The van der Waals surface area contributed by atoms with Crippen LogP contribution in [0.1, 0.15) is 5.56 Å². The van der Waals surface area contributed by atoms with Crippen molar-refractivity contribution in [3.63, 3.8) is 0 Å². The van der Waals surface area contributed by atoms with Crippen LogP contribution in [0.15, 0.2) is 58.5 Å². The van der Waals surface area contributed by atoms with Gasteiger partial charge in [-0.05, 0) is 42.0 Å². The number of nitrogens with zero attached hydrogens (tertiary/aromatic N) is 2. The van der Waals surface area contributed by atoms with Gasteiger partial charge in [0.25, 0.3) is 0 Å². The van der Waals surface area contributed by atoms with Gasteiger partial charge in [-0.3, -0.25) is 0 Å². The molecule has 0 radical (unpaired) electrons. The maximum Gasteiger partial charge on any atom is 0.223 e. The summed E-state index contributed by atoms with van der Waals surface area (Å²) in [6, 6.07) is 14.6. The van der Waals surface area contributed by atoms with Crippen LogP contribution in [-0.4, -0.2) is 11.9 Å². The summed E-state index contributed by atoms with van der Waals surface area (Å²) in [5.74, 6) is 0.595. The summed E-state index contributed by atoms with van der Waals surface area (Å²) in [5, 5.41) is 0.666. The molecule has 22 heavy (non-hydrogen) atoms. The van der Waals surface area contributed by atoms with Crippen molar-refractivity contribution >= 4 is 29.2 Å². The molecular weight excluding hydrogens is 302 g/mol. The lowest BCUT2D eigenvalue weighted by atomic mass is 10.2. The van der Waals surface area contributed by atoms with Crippen LogP contribution in [0.3, 0.4) is 0 Å². The van der Waals surface area contributed by atoms with Gasteiger partial charge in [0, 0.05) is 5.02 Å². The molecule has 6 nitrogen and oxygen atoms in total. The van der Waals surface area contributed by atoms with Crippen LogP contribution >= 0.6 is 11.6 Å². The minimum Gasteiger partial charge on any atom is -0.489 e. The van der Waals surface area contributed by atoms with Gasteiger partial charge in [0.1, 0.15) is 12.4 Å². The van der Waals surface area contributed by atoms with E-state index in [0.29, 0.717) is 17.3 Å². The standard InChI is InChI=1S/C15H16ClN5O/c16-11-4-6-13(7-5-11)22-9-10-2-1-3-12(8-10)20-15(19)21-14(17)18/h1-8H,9H2,(H6,17,18,19,20,21). The van der Waals surface area contributed by atoms with Gasteiger partial charge >= 0.3 is 0 Å². The molecule has 0 aliphatic rings. The molecule has 2 rings (SSSR count). The molecule has 0 amide bonds. The normalized spacial score (nSPS) is 11.0. The third-order valence-electron chi connectivity index (χ3n) is 2.62. The topological polar surface area (TPSA) is 112 Å². The molecule has 0 aromatic heterocycles. The third kappa shape index (κ3) is 4.99. The van der Waals surface area contributed by atoms with E-state index in [0.717, 1.165) is 11.3 Å². The summed E-state index contributed by atoms with van der Waals surface area (Å²) < 4.78 is 5.67. The molecule has 0 unspecified atom stereocenters. The van der Waals surface area contributed by atoms with Crippen molar-refractivity contribution in [2.45, 2.75) is 6.61 Å². The Bertz CT molecular complexity index is 693. The number of guanidine groups is 2. The lowest BCUT2D eigenvalue weighted by Gasteiger charge is -2.07.